The Morgan fingerprint density at radius 3 is 3.00 bits per heavy atom. The first-order valence-electron chi connectivity index (χ1n) is 12.6. The first-order chi connectivity index (χ1) is 16.4. The maximum atomic E-state index is 13.0. The Labute approximate surface area is 175 Å². The minimum atomic E-state index is -4.09. The highest BCUT2D eigenvalue weighted by Gasteiger charge is 2.60. The third kappa shape index (κ3) is 3.87. The molecular weight excluding hydrogens is 396 g/mol. The third-order valence-electron chi connectivity index (χ3n) is 4.22. The van der Waals surface area contributed by atoms with Gasteiger partial charge in [-0.15, -0.1) is 11.8 Å². The quantitative estimate of drug-likeness (QED) is 0.302. The van der Waals surface area contributed by atoms with Crippen LogP contribution in [0.4, 0.5) is 0 Å². The first kappa shape index (κ1) is 11.1. The van der Waals surface area contributed by atoms with Crippen LogP contribution in [0.25, 0.3) is 0 Å². The number of nitrogens with one attached hydrogen (secondary N) is 2. The van der Waals surface area contributed by atoms with Crippen LogP contribution in [0.2, 0.25) is 0 Å². The van der Waals surface area contributed by atoms with E-state index in [9.17, 15) is 28.2 Å². The molecule has 0 aromatic rings. The standard InChI is InChI=1S/C15H24N4O6S2/c1-6-11-10(7(2)20)14(21)19(11)12(15(22)23)13(6)26-9-3-8(17-5-9)4-18-27(16,24)25/h6-11,17-18,20H,3-5H2,1-2H3,(H,22,23)(H2,16,24,25)/t6-,7-,8+,9+,10-,11-/m1/s1/i1D3,2D3,6D,7D,10D,11D. The topological polar surface area (TPSA) is 162 Å². The maximum Gasteiger partial charge on any atom is 0.353 e. The number of hydrogen-bond donors (Lipinski definition) is 5. The number of hydrogen-bond acceptors (Lipinski definition) is 7. The molecule has 10 nitrogen and oxygen atoms in total. The molecule has 0 unspecified atom stereocenters. The summed E-state index contributed by atoms with van der Waals surface area (Å²) in [6.07, 6.45) is -4.00. The number of aliphatic hydroxyl groups is 1. The second-order valence-corrected chi connectivity index (χ2v) is 8.73. The molecule has 6 atom stereocenters. The summed E-state index contributed by atoms with van der Waals surface area (Å²) in [5.41, 5.74) is -1.15. The number of carbonyl (C=O) groups is 2. The van der Waals surface area contributed by atoms with E-state index in [1.165, 1.54) is 0 Å². The number of carboxylic acid groups (broad SMARTS) is 1. The van der Waals surface area contributed by atoms with Crippen LogP contribution in [-0.4, -0.2) is 71.9 Å². The summed E-state index contributed by atoms with van der Waals surface area (Å²) in [7, 11) is -4.03. The predicted octanol–water partition coefficient (Wildman–Crippen LogP) is -1.60. The molecule has 0 spiro atoms. The Morgan fingerprint density at radius 2 is 2.41 bits per heavy atom. The second kappa shape index (κ2) is 7.33. The van der Waals surface area contributed by atoms with E-state index < -0.39 is 81.6 Å². The van der Waals surface area contributed by atoms with Gasteiger partial charge in [0.2, 0.25) is 5.91 Å². The summed E-state index contributed by atoms with van der Waals surface area (Å²) in [5.74, 6) is -11.0. The van der Waals surface area contributed by atoms with Gasteiger partial charge in [0, 0.05) is 46.1 Å². The van der Waals surface area contributed by atoms with Gasteiger partial charge in [-0.3, -0.25) is 4.79 Å². The Hall–Kier alpha value is -1.18. The van der Waals surface area contributed by atoms with Crippen LogP contribution in [0, 0.1) is 11.8 Å². The summed E-state index contributed by atoms with van der Waals surface area (Å²) >= 11 is 0.489. The van der Waals surface area contributed by atoms with Crippen LogP contribution in [-0.2, 0) is 19.8 Å². The van der Waals surface area contributed by atoms with Gasteiger partial charge < -0.3 is 20.4 Å². The van der Waals surface area contributed by atoms with Gasteiger partial charge in [0.25, 0.3) is 10.2 Å². The molecule has 2 fully saturated rings. The monoisotopic (exact) mass is 430 g/mol. The van der Waals surface area contributed by atoms with E-state index in [0.29, 0.717) is 11.8 Å². The van der Waals surface area contributed by atoms with E-state index in [4.69, 9.17) is 18.8 Å². The molecule has 0 aliphatic carbocycles. The molecule has 0 aromatic carbocycles. The molecule has 12 heteroatoms. The van der Waals surface area contributed by atoms with Gasteiger partial charge in [0.05, 0.1) is 20.7 Å². The molecule has 0 bridgehead atoms. The first-order valence-corrected chi connectivity index (χ1v) is 10.0. The van der Waals surface area contributed by atoms with Crippen molar-refractivity contribution in [3.8, 4) is 0 Å². The third-order valence-corrected chi connectivity index (χ3v) is 6.11. The van der Waals surface area contributed by atoms with Gasteiger partial charge in [-0.25, -0.2) is 14.7 Å². The highest BCUT2D eigenvalue weighted by atomic mass is 32.2. The number of thioether (sulfide) groups is 1. The van der Waals surface area contributed by atoms with E-state index >= 15 is 0 Å². The van der Waals surface area contributed by atoms with Gasteiger partial charge in [-0.05, 0) is 13.3 Å². The molecule has 3 heterocycles. The Balaban J connectivity index is 2.12. The van der Waals surface area contributed by atoms with Gasteiger partial charge in [-0.2, -0.15) is 8.42 Å². The van der Waals surface area contributed by atoms with E-state index in [2.05, 4.69) is 10.0 Å². The number of aliphatic carboxylic acids is 1. The number of carboxylic acids is 1. The minimum Gasteiger partial charge on any atom is -0.477 e. The van der Waals surface area contributed by atoms with Crippen molar-refractivity contribution in [1.82, 2.24) is 14.9 Å². The lowest BCUT2D eigenvalue weighted by Crippen LogP contribution is -2.63. The SMILES string of the molecule is [2H]C([2H])([2H])[C@@]([2H])(O)[C@@]1([2H])C(=O)N2C(C(=O)O)=C(S[C@@H]3CN[C@H](CNS(N)(=O)=O)C3)[C@]([2H])(C([2H])([2H])[2H])[C@@]21[2H]. The summed E-state index contributed by atoms with van der Waals surface area (Å²) < 4.78 is 105. The van der Waals surface area contributed by atoms with Crippen molar-refractivity contribution >= 4 is 33.8 Å². The molecule has 2 saturated heterocycles. The molecule has 3 rings (SSSR count). The van der Waals surface area contributed by atoms with Crippen LogP contribution < -0.4 is 15.2 Å². The lowest BCUT2D eigenvalue weighted by Gasteiger charge is -2.46. The number of nitrogens with two attached hydrogens (primary N) is 1. The Kier molecular flexibility index (Phi) is 3.02. The van der Waals surface area contributed by atoms with Gasteiger partial charge in [-0.1, -0.05) is 6.85 Å². The van der Waals surface area contributed by atoms with Crippen LogP contribution >= 0.6 is 11.8 Å². The summed E-state index contributed by atoms with van der Waals surface area (Å²) in [6, 6.07) is -4.10. The van der Waals surface area contributed by atoms with Crippen molar-refractivity contribution in [2.75, 3.05) is 13.1 Å². The molecule has 152 valence electrons. The number of β-lactam (4-membered cyclic amide) rings is 1. The van der Waals surface area contributed by atoms with Gasteiger partial charge >= 0.3 is 5.97 Å². The molecular formula is C15H24N4O6S2. The fourth-order valence-corrected chi connectivity index (χ4v) is 4.86. The smallest absolute Gasteiger partial charge is 0.353 e. The number of fused-ring (bicyclic) bond motifs is 1. The zero-order valence-electron chi connectivity index (χ0n) is 23.6. The molecule has 3 aliphatic heterocycles. The van der Waals surface area contributed by atoms with Crippen molar-refractivity contribution in [2.45, 2.75) is 43.5 Å². The lowest BCUT2D eigenvalue weighted by atomic mass is 9.79. The molecule has 27 heavy (non-hydrogen) atoms. The average molecular weight is 431 g/mol. The fourth-order valence-electron chi connectivity index (χ4n) is 3.08. The van der Waals surface area contributed by atoms with Crippen LogP contribution in [0.3, 0.4) is 0 Å². The molecule has 0 radical (unpaired) electrons. The van der Waals surface area contributed by atoms with Crippen molar-refractivity contribution in [3.63, 3.8) is 0 Å². The van der Waals surface area contributed by atoms with E-state index in [0.717, 1.165) is 0 Å². The van der Waals surface area contributed by atoms with Gasteiger partial charge in [0.1, 0.15) is 5.70 Å². The van der Waals surface area contributed by atoms with E-state index in [1.807, 2.05) is 0 Å². The Bertz CT molecular complexity index is 1160. The van der Waals surface area contributed by atoms with Crippen LogP contribution in [0.15, 0.2) is 10.6 Å². The second-order valence-electron chi connectivity index (χ2n) is 6.04. The largest absolute Gasteiger partial charge is 0.477 e. The van der Waals surface area contributed by atoms with Crippen molar-refractivity contribution in [3.05, 3.63) is 10.6 Å². The van der Waals surface area contributed by atoms with E-state index in [-0.39, 0.29) is 24.4 Å². The minimum absolute atomic E-state index is 0.0162. The predicted molar refractivity (Wildman–Crippen MR) is 98.5 cm³/mol. The number of nitrogens with zero attached hydrogens (tertiary/aromatic N) is 1. The van der Waals surface area contributed by atoms with Crippen molar-refractivity contribution in [1.29, 1.82) is 0 Å². The summed E-state index contributed by atoms with van der Waals surface area (Å²) in [4.78, 5) is 24.4. The van der Waals surface area contributed by atoms with Crippen molar-refractivity contribution < 1.29 is 41.9 Å². The molecule has 0 aromatic heterocycles. The normalized spacial score (nSPS) is 50.3. The van der Waals surface area contributed by atoms with E-state index in [1.54, 1.807) is 0 Å². The average Bonchev–Trinajstić information content (AvgIpc) is 3.24. The highest BCUT2D eigenvalue weighted by Crippen LogP contribution is 2.51. The molecule has 6 N–H and O–H groups in total. The number of rotatable bonds is 7. The number of amides is 1. The zero-order valence-corrected chi connectivity index (χ0v) is 15.3. The summed E-state index contributed by atoms with van der Waals surface area (Å²) in [6.45, 7) is -7.61. The molecule has 1 amide bonds. The summed E-state index contributed by atoms with van der Waals surface area (Å²) in [5, 5.41) is 27.4. The maximum absolute atomic E-state index is 13.0. The van der Waals surface area contributed by atoms with Crippen molar-refractivity contribution in [2.24, 2.45) is 16.9 Å². The van der Waals surface area contributed by atoms with Crippen LogP contribution in [0.5, 0.6) is 0 Å². The van der Waals surface area contributed by atoms with Gasteiger partial charge in [0.15, 0.2) is 0 Å². The Morgan fingerprint density at radius 1 is 1.67 bits per heavy atom. The lowest BCUT2D eigenvalue weighted by molar-refractivity contribution is -0.163. The highest BCUT2D eigenvalue weighted by molar-refractivity contribution is 8.03. The molecule has 0 saturated carbocycles. The molecule has 3 aliphatic rings. The zero-order chi connectivity index (χ0) is 28.8. The number of carbonyl (C=O) groups excluding carboxylic acids is 1. The van der Waals surface area contributed by atoms with Crippen LogP contribution in [0.1, 0.15) is 33.8 Å². The fraction of sp³-hybridized carbons (Fsp3) is 0.733.